The minimum Gasteiger partial charge on any atom is -0.497 e. The van der Waals surface area contributed by atoms with Gasteiger partial charge in [-0.3, -0.25) is 4.79 Å². The predicted octanol–water partition coefficient (Wildman–Crippen LogP) is 1.62. The second-order valence-electron chi connectivity index (χ2n) is 4.93. The van der Waals surface area contributed by atoms with Crippen molar-refractivity contribution >= 4 is 5.91 Å². The fraction of sp³-hybridized carbons (Fsp3) is 0.533. The second kappa shape index (κ2) is 7.79. The maximum Gasteiger partial charge on any atom is 0.225 e. The van der Waals surface area contributed by atoms with E-state index in [1.54, 1.807) is 7.11 Å². The molecule has 1 atom stereocenters. The number of carbonyl (C=O) groups excluding carboxylic acids is 1. The van der Waals surface area contributed by atoms with Crippen molar-refractivity contribution in [2.75, 3.05) is 20.3 Å². The van der Waals surface area contributed by atoms with Gasteiger partial charge in [-0.25, -0.2) is 0 Å². The summed E-state index contributed by atoms with van der Waals surface area (Å²) in [6, 6.07) is 7.78. The zero-order chi connectivity index (χ0) is 14.3. The largest absolute Gasteiger partial charge is 0.497 e. The molecule has 0 spiro atoms. The Balaban J connectivity index is 2.43. The Labute approximate surface area is 114 Å². The molecular weight excluding hydrogens is 242 g/mol. The zero-order valence-corrected chi connectivity index (χ0v) is 11.8. The van der Waals surface area contributed by atoms with Gasteiger partial charge in [0, 0.05) is 6.54 Å². The number of amides is 1. The van der Waals surface area contributed by atoms with Gasteiger partial charge in [0.1, 0.15) is 5.75 Å². The molecule has 0 bridgehead atoms. The van der Waals surface area contributed by atoms with Crippen molar-refractivity contribution in [1.29, 1.82) is 0 Å². The van der Waals surface area contributed by atoms with E-state index >= 15 is 0 Å². The molecule has 0 radical (unpaired) electrons. The van der Waals surface area contributed by atoms with Crippen molar-refractivity contribution in [1.82, 2.24) is 5.32 Å². The SMILES string of the molecule is COc1cccc(CCNC(=O)C(CO)C(C)C)c1. The van der Waals surface area contributed by atoms with E-state index < -0.39 is 0 Å². The number of rotatable bonds is 7. The molecule has 0 aliphatic rings. The van der Waals surface area contributed by atoms with Gasteiger partial charge in [0.2, 0.25) is 5.91 Å². The number of carbonyl (C=O) groups is 1. The van der Waals surface area contributed by atoms with Crippen LogP contribution >= 0.6 is 0 Å². The van der Waals surface area contributed by atoms with Crippen LogP contribution in [-0.4, -0.2) is 31.3 Å². The first-order valence-electron chi connectivity index (χ1n) is 6.60. The molecule has 0 saturated carbocycles. The number of benzene rings is 1. The summed E-state index contributed by atoms with van der Waals surface area (Å²) in [6.07, 6.45) is 0.749. The Bertz CT molecular complexity index is 404. The summed E-state index contributed by atoms with van der Waals surface area (Å²) in [7, 11) is 1.63. The van der Waals surface area contributed by atoms with Crippen LogP contribution in [0, 0.1) is 11.8 Å². The summed E-state index contributed by atoms with van der Waals surface area (Å²) in [5.41, 5.74) is 1.12. The van der Waals surface area contributed by atoms with Crippen LogP contribution in [0.25, 0.3) is 0 Å². The van der Waals surface area contributed by atoms with Gasteiger partial charge < -0.3 is 15.2 Å². The molecule has 106 valence electrons. The first-order chi connectivity index (χ1) is 9.08. The minimum atomic E-state index is -0.328. The summed E-state index contributed by atoms with van der Waals surface area (Å²) in [5, 5.41) is 12.0. The standard InChI is InChI=1S/C15H23NO3/c1-11(2)14(10-17)15(18)16-8-7-12-5-4-6-13(9-12)19-3/h4-6,9,11,14,17H,7-8,10H2,1-3H3,(H,16,18). The van der Waals surface area contributed by atoms with E-state index in [1.807, 2.05) is 38.1 Å². The molecule has 1 aromatic rings. The van der Waals surface area contributed by atoms with Crippen LogP contribution in [0.4, 0.5) is 0 Å². The number of methoxy groups -OCH3 is 1. The Morgan fingerprint density at radius 2 is 2.16 bits per heavy atom. The van der Waals surface area contributed by atoms with Gasteiger partial charge in [-0.05, 0) is 30.0 Å². The lowest BCUT2D eigenvalue weighted by molar-refractivity contribution is -0.127. The van der Waals surface area contributed by atoms with Crippen molar-refractivity contribution in [3.63, 3.8) is 0 Å². The van der Waals surface area contributed by atoms with Crippen LogP contribution in [0.2, 0.25) is 0 Å². The van der Waals surface area contributed by atoms with Gasteiger partial charge in [-0.2, -0.15) is 0 Å². The topological polar surface area (TPSA) is 58.6 Å². The molecule has 0 aromatic heterocycles. The highest BCUT2D eigenvalue weighted by molar-refractivity contribution is 5.78. The van der Waals surface area contributed by atoms with Crippen molar-refractivity contribution in [3.8, 4) is 5.75 Å². The van der Waals surface area contributed by atoms with E-state index in [0.29, 0.717) is 6.54 Å². The molecule has 1 unspecified atom stereocenters. The van der Waals surface area contributed by atoms with Crippen molar-refractivity contribution in [2.45, 2.75) is 20.3 Å². The van der Waals surface area contributed by atoms with Gasteiger partial charge >= 0.3 is 0 Å². The van der Waals surface area contributed by atoms with Gasteiger partial charge in [0.15, 0.2) is 0 Å². The summed E-state index contributed by atoms with van der Waals surface area (Å²) in [5.74, 6) is 0.548. The number of aliphatic hydroxyl groups is 1. The number of hydrogen-bond acceptors (Lipinski definition) is 3. The molecule has 4 nitrogen and oxygen atoms in total. The number of hydrogen-bond donors (Lipinski definition) is 2. The molecule has 2 N–H and O–H groups in total. The molecule has 0 heterocycles. The van der Waals surface area contributed by atoms with Crippen molar-refractivity contribution < 1.29 is 14.6 Å². The molecule has 19 heavy (non-hydrogen) atoms. The van der Waals surface area contributed by atoms with Gasteiger partial charge in [0.25, 0.3) is 0 Å². The fourth-order valence-corrected chi connectivity index (χ4v) is 1.89. The number of nitrogens with one attached hydrogen (secondary N) is 1. The van der Waals surface area contributed by atoms with Gasteiger partial charge in [-0.15, -0.1) is 0 Å². The van der Waals surface area contributed by atoms with Crippen LogP contribution in [0.5, 0.6) is 5.75 Å². The lowest BCUT2D eigenvalue weighted by Gasteiger charge is -2.17. The molecule has 0 aliphatic heterocycles. The lowest BCUT2D eigenvalue weighted by atomic mass is 9.96. The highest BCUT2D eigenvalue weighted by Crippen LogP contribution is 2.13. The third-order valence-corrected chi connectivity index (χ3v) is 3.19. The van der Waals surface area contributed by atoms with E-state index in [2.05, 4.69) is 5.32 Å². The maximum absolute atomic E-state index is 11.8. The third kappa shape index (κ3) is 4.91. The fourth-order valence-electron chi connectivity index (χ4n) is 1.89. The molecular formula is C15H23NO3. The minimum absolute atomic E-state index is 0.0830. The number of aliphatic hydroxyl groups excluding tert-OH is 1. The highest BCUT2D eigenvalue weighted by Gasteiger charge is 2.20. The highest BCUT2D eigenvalue weighted by atomic mass is 16.5. The monoisotopic (exact) mass is 265 g/mol. The molecule has 4 heteroatoms. The Morgan fingerprint density at radius 1 is 1.42 bits per heavy atom. The molecule has 1 rings (SSSR count). The third-order valence-electron chi connectivity index (χ3n) is 3.19. The van der Waals surface area contributed by atoms with E-state index in [-0.39, 0.29) is 24.3 Å². The van der Waals surface area contributed by atoms with Gasteiger partial charge in [0.05, 0.1) is 19.6 Å². The summed E-state index contributed by atoms with van der Waals surface area (Å²) >= 11 is 0. The average molecular weight is 265 g/mol. The summed E-state index contributed by atoms with van der Waals surface area (Å²) < 4.78 is 5.15. The summed E-state index contributed by atoms with van der Waals surface area (Å²) in [4.78, 5) is 11.8. The van der Waals surface area contributed by atoms with Crippen LogP contribution in [-0.2, 0) is 11.2 Å². The molecule has 1 amide bonds. The van der Waals surface area contributed by atoms with Crippen LogP contribution in [0.15, 0.2) is 24.3 Å². The quantitative estimate of drug-likeness (QED) is 0.787. The van der Waals surface area contributed by atoms with Crippen LogP contribution < -0.4 is 10.1 Å². The predicted molar refractivity (Wildman–Crippen MR) is 75.1 cm³/mol. The smallest absolute Gasteiger partial charge is 0.225 e. The molecule has 0 fully saturated rings. The Morgan fingerprint density at radius 3 is 2.74 bits per heavy atom. The maximum atomic E-state index is 11.8. The van der Waals surface area contributed by atoms with Crippen molar-refractivity contribution in [2.24, 2.45) is 11.8 Å². The normalized spacial score (nSPS) is 12.3. The number of ether oxygens (including phenoxy) is 1. The van der Waals surface area contributed by atoms with Crippen LogP contribution in [0.3, 0.4) is 0 Å². The first-order valence-corrected chi connectivity index (χ1v) is 6.60. The molecule has 1 aromatic carbocycles. The van der Waals surface area contributed by atoms with E-state index in [1.165, 1.54) is 0 Å². The van der Waals surface area contributed by atoms with E-state index in [4.69, 9.17) is 4.74 Å². The van der Waals surface area contributed by atoms with Crippen molar-refractivity contribution in [3.05, 3.63) is 29.8 Å². The van der Waals surface area contributed by atoms with E-state index in [9.17, 15) is 9.90 Å². The molecule has 0 saturated heterocycles. The zero-order valence-electron chi connectivity index (χ0n) is 11.8. The van der Waals surface area contributed by atoms with Gasteiger partial charge in [-0.1, -0.05) is 26.0 Å². The second-order valence-corrected chi connectivity index (χ2v) is 4.93. The first kappa shape index (κ1) is 15.5. The van der Waals surface area contributed by atoms with E-state index in [0.717, 1.165) is 17.7 Å². The molecule has 0 aliphatic carbocycles. The van der Waals surface area contributed by atoms with Crippen LogP contribution in [0.1, 0.15) is 19.4 Å². The summed E-state index contributed by atoms with van der Waals surface area (Å²) in [6.45, 7) is 4.32. The lowest BCUT2D eigenvalue weighted by Crippen LogP contribution is -2.36. The average Bonchev–Trinajstić information content (AvgIpc) is 2.39. The Kier molecular flexibility index (Phi) is 6.36. The Hall–Kier alpha value is -1.55.